The van der Waals surface area contributed by atoms with E-state index in [4.69, 9.17) is 0 Å². The average Bonchev–Trinajstić information content (AvgIpc) is 3.36. The van der Waals surface area contributed by atoms with Crippen molar-refractivity contribution >= 4 is 5.91 Å². The predicted octanol–water partition coefficient (Wildman–Crippen LogP) is 2.07. The Morgan fingerprint density at radius 1 is 1.10 bits per heavy atom. The summed E-state index contributed by atoms with van der Waals surface area (Å²) in [5.41, 5.74) is 0. The van der Waals surface area contributed by atoms with Crippen LogP contribution >= 0.6 is 0 Å². The second-order valence-corrected chi connectivity index (χ2v) is 10.7. The average molecular weight is 407 g/mol. The molecule has 3 aliphatic heterocycles. The molecule has 5 nitrogen and oxygen atoms in total. The Morgan fingerprint density at radius 3 is 2.83 bits per heavy atom. The molecule has 2 saturated carbocycles. The lowest BCUT2D eigenvalue weighted by atomic mass is 9.76. The Hall–Kier alpha value is -0.720. The summed E-state index contributed by atoms with van der Waals surface area (Å²) in [5, 5.41) is 10.4. The standard InChI is InChI=1S/C23H39FN4O/c1-14-5-6-20(24)19-11-21(27-22(14)19)23(29)26-17-4-2-3-15(9-17)16-10-18-12-25-7-8-28(18)13-16/h14-22,25,27H,2-13H2,1H3,(H,26,29). The van der Waals surface area contributed by atoms with Gasteiger partial charge in [0.2, 0.25) is 5.91 Å². The molecule has 3 N–H and O–H groups in total. The minimum absolute atomic E-state index is 0.0260. The van der Waals surface area contributed by atoms with E-state index in [1.165, 1.54) is 32.4 Å². The van der Waals surface area contributed by atoms with Crippen LogP contribution in [0.15, 0.2) is 0 Å². The Morgan fingerprint density at radius 2 is 2.00 bits per heavy atom. The van der Waals surface area contributed by atoms with Gasteiger partial charge in [0.05, 0.1) is 6.04 Å². The second kappa shape index (κ2) is 8.43. The largest absolute Gasteiger partial charge is 0.352 e. The van der Waals surface area contributed by atoms with Crippen LogP contribution in [-0.4, -0.2) is 67.3 Å². The first kappa shape index (κ1) is 20.2. The second-order valence-electron chi connectivity index (χ2n) is 10.7. The highest BCUT2D eigenvalue weighted by Crippen LogP contribution is 2.40. The predicted molar refractivity (Wildman–Crippen MR) is 112 cm³/mol. The Kier molecular flexibility index (Phi) is 5.87. The summed E-state index contributed by atoms with van der Waals surface area (Å²) in [6.07, 6.45) is 7.63. The molecule has 164 valence electrons. The highest BCUT2D eigenvalue weighted by Gasteiger charge is 2.47. The zero-order valence-corrected chi connectivity index (χ0v) is 17.9. The van der Waals surface area contributed by atoms with Gasteiger partial charge in [0.15, 0.2) is 0 Å². The van der Waals surface area contributed by atoms with Gasteiger partial charge in [-0.25, -0.2) is 4.39 Å². The molecule has 0 bridgehead atoms. The summed E-state index contributed by atoms with van der Waals surface area (Å²) >= 11 is 0. The maximum atomic E-state index is 14.4. The van der Waals surface area contributed by atoms with E-state index in [1.54, 1.807) is 0 Å². The van der Waals surface area contributed by atoms with Crippen molar-refractivity contribution in [1.82, 2.24) is 20.9 Å². The summed E-state index contributed by atoms with van der Waals surface area (Å²) in [4.78, 5) is 15.7. The van der Waals surface area contributed by atoms with Crippen LogP contribution in [0.25, 0.3) is 0 Å². The third-order valence-corrected chi connectivity index (χ3v) is 8.90. The maximum absolute atomic E-state index is 14.4. The monoisotopic (exact) mass is 406 g/mol. The zero-order valence-electron chi connectivity index (χ0n) is 17.9. The van der Waals surface area contributed by atoms with Crippen molar-refractivity contribution in [2.45, 2.75) is 88.6 Å². The number of hydrogen-bond donors (Lipinski definition) is 3. The van der Waals surface area contributed by atoms with E-state index in [1.807, 2.05) is 0 Å². The number of piperazine rings is 1. The summed E-state index contributed by atoms with van der Waals surface area (Å²) in [7, 11) is 0. The quantitative estimate of drug-likeness (QED) is 0.672. The van der Waals surface area contributed by atoms with E-state index in [0.717, 1.165) is 50.2 Å². The van der Waals surface area contributed by atoms with Gasteiger partial charge in [0.1, 0.15) is 6.17 Å². The Bertz CT molecular complexity index is 571. The molecule has 2 aliphatic carbocycles. The van der Waals surface area contributed by atoms with Crippen molar-refractivity contribution in [3.05, 3.63) is 0 Å². The lowest BCUT2D eigenvalue weighted by molar-refractivity contribution is -0.124. The first-order chi connectivity index (χ1) is 14.1. The van der Waals surface area contributed by atoms with Crippen molar-refractivity contribution in [3.8, 4) is 0 Å². The van der Waals surface area contributed by atoms with Crippen molar-refractivity contribution in [2.24, 2.45) is 23.7 Å². The Balaban J connectivity index is 1.14. The van der Waals surface area contributed by atoms with Gasteiger partial charge in [-0.1, -0.05) is 13.3 Å². The molecule has 0 spiro atoms. The first-order valence-corrected chi connectivity index (χ1v) is 12.2. The third kappa shape index (κ3) is 4.09. The minimum Gasteiger partial charge on any atom is -0.352 e. The molecule has 3 saturated heterocycles. The third-order valence-electron chi connectivity index (χ3n) is 8.90. The number of nitrogens with zero attached hydrogens (tertiary/aromatic N) is 1. The van der Waals surface area contributed by atoms with E-state index in [-0.39, 0.29) is 23.9 Å². The fraction of sp³-hybridized carbons (Fsp3) is 0.957. The first-order valence-electron chi connectivity index (χ1n) is 12.2. The van der Waals surface area contributed by atoms with Crippen LogP contribution in [0.3, 0.4) is 0 Å². The van der Waals surface area contributed by atoms with Gasteiger partial charge in [-0.3, -0.25) is 9.69 Å². The number of hydrogen-bond acceptors (Lipinski definition) is 4. The summed E-state index contributed by atoms with van der Waals surface area (Å²) < 4.78 is 14.4. The fourth-order valence-corrected chi connectivity index (χ4v) is 7.23. The number of amides is 1. The number of rotatable bonds is 3. The normalized spacial score (nSPS) is 48.1. The SMILES string of the molecule is CC1CCC(F)C2CC(C(=O)NC3CCCC(C4CC5CNCCN5C4)C3)NC12. The molecule has 5 fully saturated rings. The van der Waals surface area contributed by atoms with Crippen LogP contribution < -0.4 is 16.0 Å². The van der Waals surface area contributed by atoms with E-state index < -0.39 is 6.17 Å². The highest BCUT2D eigenvalue weighted by atomic mass is 19.1. The van der Waals surface area contributed by atoms with Gasteiger partial charge in [-0.15, -0.1) is 0 Å². The van der Waals surface area contributed by atoms with Crippen molar-refractivity contribution in [2.75, 3.05) is 26.2 Å². The van der Waals surface area contributed by atoms with Gasteiger partial charge < -0.3 is 16.0 Å². The molecule has 5 rings (SSSR count). The summed E-state index contributed by atoms with van der Waals surface area (Å²) in [6, 6.07) is 1.01. The number of carbonyl (C=O) groups excluding carboxylic acids is 1. The van der Waals surface area contributed by atoms with Gasteiger partial charge in [0, 0.05) is 50.2 Å². The van der Waals surface area contributed by atoms with E-state index in [0.29, 0.717) is 24.8 Å². The molecule has 9 unspecified atom stereocenters. The van der Waals surface area contributed by atoms with Gasteiger partial charge in [-0.05, 0) is 62.7 Å². The molecule has 6 heteroatoms. The maximum Gasteiger partial charge on any atom is 0.237 e. The van der Waals surface area contributed by atoms with E-state index >= 15 is 0 Å². The van der Waals surface area contributed by atoms with Crippen LogP contribution in [0, 0.1) is 23.7 Å². The molecule has 1 amide bonds. The molecular formula is C23H39FN4O. The van der Waals surface area contributed by atoms with Crippen molar-refractivity contribution in [3.63, 3.8) is 0 Å². The molecule has 0 aromatic heterocycles. The van der Waals surface area contributed by atoms with Crippen molar-refractivity contribution < 1.29 is 9.18 Å². The molecule has 29 heavy (non-hydrogen) atoms. The van der Waals surface area contributed by atoms with E-state index in [2.05, 4.69) is 27.8 Å². The zero-order chi connectivity index (χ0) is 20.0. The van der Waals surface area contributed by atoms with Gasteiger partial charge in [-0.2, -0.15) is 0 Å². The fourth-order valence-electron chi connectivity index (χ4n) is 7.23. The van der Waals surface area contributed by atoms with Crippen LogP contribution in [-0.2, 0) is 4.79 Å². The smallest absolute Gasteiger partial charge is 0.237 e. The van der Waals surface area contributed by atoms with Crippen molar-refractivity contribution in [1.29, 1.82) is 0 Å². The summed E-state index contributed by atoms with van der Waals surface area (Å²) in [6.45, 7) is 6.92. The molecule has 3 heterocycles. The number of fused-ring (bicyclic) bond motifs is 2. The number of carbonyl (C=O) groups is 1. The number of halogens is 1. The lowest BCUT2D eigenvalue weighted by Gasteiger charge is -2.34. The van der Waals surface area contributed by atoms with Gasteiger partial charge >= 0.3 is 0 Å². The van der Waals surface area contributed by atoms with Crippen LogP contribution in [0.1, 0.15) is 58.3 Å². The number of nitrogens with one attached hydrogen (secondary N) is 3. The highest BCUT2D eigenvalue weighted by molar-refractivity contribution is 5.82. The molecule has 9 atom stereocenters. The summed E-state index contributed by atoms with van der Waals surface area (Å²) in [5.74, 6) is 2.16. The topological polar surface area (TPSA) is 56.4 Å². The lowest BCUT2D eigenvalue weighted by Crippen LogP contribution is -2.49. The molecule has 0 radical (unpaired) electrons. The molecular weight excluding hydrogens is 367 g/mol. The van der Waals surface area contributed by atoms with E-state index in [9.17, 15) is 9.18 Å². The van der Waals surface area contributed by atoms with Crippen LogP contribution in [0.4, 0.5) is 4.39 Å². The Labute approximate surface area is 174 Å². The molecule has 5 aliphatic rings. The van der Waals surface area contributed by atoms with Gasteiger partial charge in [0.25, 0.3) is 0 Å². The molecule has 0 aromatic carbocycles. The van der Waals surface area contributed by atoms with Crippen LogP contribution in [0.5, 0.6) is 0 Å². The molecule has 0 aromatic rings. The minimum atomic E-state index is -0.740. The number of alkyl halides is 1. The van der Waals surface area contributed by atoms with Crippen LogP contribution in [0.2, 0.25) is 0 Å².